The lowest BCUT2D eigenvalue weighted by molar-refractivity contribution is 0.0302. The topological polar surface area (TPSA) is 38.5 Å². The molecule has 0 aromatic heterocycles. The Hall–Kier alpha value is -1.06. The van der Waals surface area contributed by atoms with E-state index in [1.165, 1.54) is 11.3 Å². The van der Waals surface area contributed by atoms with Crippen LogP contribution >= 0.6 is 0 Å². The van der Waals surface area contributed by atoms with Crippen LogP contribution in [0.1, 0.15) is 26.7 Å². The second-order valence-corrected chi connectivity index (χ2v) is 6.31. The molecule has 3 aliphatic rings. The zero-order valence-corrected chi connectivity index (χ0v) is 11.3. The average Bonchev–Trinajstić information content (AvgIpc) is 2.46. The minimum Gasteiger partial charge on any atom is -0.381 e. The highest BCUT2D eigenvalue weighted by Crippen LogP contribution is 2.47. The number of fused-ring (bicyclic) bond motifs is 1. The van der Waals surface area contributed by atoms with Crippen molar-refractivity contribution in [1.82, 2.24) is 5.01 Å². The normalized spacial score (nSPS) is 28.7. The molecular weight excluding hydrogens is 224 g/mol. The minimum atomic E-state index is 0.109. The van der Waals surface area contributed by atoms with Gasteiger partial charge in [0.05, 0.1) is 5.70 Å². The molecule has 1 fully saturated rings. The average molecular weight is 246 g/mol. The van der Waals surface area contributed by atoms with Crippen molar-refractivity contribution < 1.29 is 4.74 Å². The van der Waals surface area contributed by atoms with Crippen LogP contribution in [0.5, 0.6) is 0 Å². The molecule has 0 aromatic carbocycles. The monoisotopic (exact) mass is 246 g/mol. The van der Waals surface area contributed by atoms with E-state index in [9.17, 15) is 0 Å². The highest BCUT2D eigenvalue weighted by atomic mass is 16.5. The first kappa shape index (κ1) is 12.0. The molecule has 0 bridgehead atoms. The van der Waals surface area contributed by atoms with Gasteiger partial charge in [0.25, 0.3) is 0 Å². The zero-order chi connectivity index (χ0) is 12.8. The molecule has 2 N–H and O–H groups in total. The lowest BCUT2D eigenvalue weighted by Crippen LogP contribution is -2.38. The second-order valence-electron chi connectivity index (χ2n) is 6.31. The highest BCUT2D eigenvalue weighted by molar-refractivity contribution is 5.45. The van der Waals surface area contributed by atoms with Crippen LogP contribution in [-0.2, 0) is 4.74 Å². The van der Waals surface area contributed by atoms with Crippen LogP contribution in [-0.4, -0.2) is 24.8 Å². The van der Waals surface area contributed by atoms with Gasteiger partial charge in [-0.05, 0) is 24.5 Å². The summed E-state index contributed by atoms with van der Waals surface area (Å²) in [6.45, 7) is 7.08. The molecule has 98 valence electrons. The first-order valence-electron chi connectivity index (χ1n) is 6.76. The van der Waals surface area contributed by atoms with Gasteiger partial charge >= 0.3 is 0 Å². The molecule has 3 nitrogen and oxygen atoms in total. The lowest BCUT2D eigenvalue weighted by atomic mass is 9.74. The molecule has 0 amide bonds. The maximum absolute atomic E-state index is 6.20. The van der Waals surface area contributed by atoms with E-state index < -0.39 is 0 Å². The van der Waals surface area contributed by atoms with Crippen molar-refractivity contribution in [3.63, 3.8) is 0 Å². The molecule has 3 heteroatoms. The quantitative estimate of drug-likeness (QED) is 0.667. The Balaban J connectivity index is 2.02. The molecular formula is C15H22N2O. The third-order valence-corrected chi connectivity index (χ3v) is 4.43. The Morgan fingerprint density at radius 2 is 1.83 bits per heavy atom. The van der Waals surface area contributed by atoms with Crippen LogP contribution in [0.15, 0.2) is 35.6 Å². The fraction of sp³-hybridized carbons (Fsp3) is 0.600. The van der Waals surface area contributed by atoms with Crippen molar-refractivity contribution in [2.24, 2.45) is 16.7 Å². The van der Waals surface area contributed by atoms with Crippen LogP contribution in [0.4, 0.5) is 0 Å². The number of nitrogens with two attached hydrogens (primary N) is 1. The van der Waals surface area contributed by atoms with E-state index in [0.29, 0.717) is 0 Å². The smallest absolute Gasteiger partial charge is 0.0552 e. The van der Waals surface area contributed by atoms with E-state index in [4.69, 9.17) is 10.6 Å². The van der Waals surface area contributed by atoms with Gasteiger partial charge in [0, 0.05) is 30.6 Å². The predicted molar refractivity (Wildman–Crippen MR) is 72.5 cm³/mol. The van der Waals surface area contributed by atoms with Gasteiger partial charge in [-0.3, -0.25) is 0 Å². The fourth-order valence-corrected chi connectivity index (χ4v) is 3.21. The molecule has 1 saturated heterocycles. The molecule has 0 atom stereocenters. The summed E-state index contributed by atoms with van der Waals surface area (Å²) in [5.41, 5.74) is 2.93. The van der Waals surface area contributed by atoms with Crippen molar-refractivity contribution in [2.75, 3.05) is 19.8 Å². The number of nitrogens with zero attached hydrogens (tertiary/aromatic N) is 1. The van der Waals surface area contributed by atoms with Crippen molar-refractivity contribution in [3.8, 4) is 0 Å². The number of hydrogen-bond donors (Lipinski definition) is 1. The van der Waals surface area contributed by atoms with Crippen molar-refractivity contribution in [3.05, 3.63) is 35.6 Å². The molecule has 0 saturated carbocycles. The molecule has 0 aromatic rings. The summed E-state index contributed by atoms with van der Waals surface area (Å²) in [5.74, 6) is 6.20. The summed E-state index contributed by atoms with van der Waals surface area (Å²) in [5, 5.41) is 1.92. The molecule has 18 heavy (non-hydrogen) atoms. The summed E-state index contributed by atoms with van der Waals surface area (Å²) in [7, 11) is 0. The first-order chi connectivity index (χ1) is 8.53. The molecule has 0 unspecified atom stereocenters. The Kier molecular flexibility index (Phi) is 2.65. The van der Waals surface area contributed by atoms with E-state index in [-0.39, 0.29) is 10.8 Å². The van der Waals surface area contributed by atoms with Crippen molar-refractivity contribution >= 4 is 0 Å². The van der Waals surface area contributed by atoms with Crippen LogP contribution in [0, 0.1) is 10.8 Å². The van der Waals surface area contributed by atoms with Crippen molar-refractivity contribution in [2.45, 2.75) is 26.7 Å². The maximum atomic E-state index is 6.20. The van der Waals surface area contributed by atoms with E-state index >= 15 is 0 Å². The van der Waals surface area contributed by atoms with E-state index in [1.807, 2.05) is 5.01 Å². The van der Waals surface area contributed by atoms with Crippen molar-refractivity contribution in [1.29, 1.82) is 0 Å². The fourth-order valence-electron chi connectivity index (χ4n) is 3.21. The van der Waals surface area contributed by atoms with Gasteiger partial charge in [-0.15, -0.1) is 0 Å². The number of rotatable bonds is 0. The Morgan fingerprint density at radius 3 is 2.56 bits per heavy atom. The van der Waals surface area contributed by atoms with Crippen LogP contribution in [0.3, 0.4) is 0 Å². The molecule has 2 aliphatic heterocycles. The van der Waals surface area contributed by atoms with Gasteiger partial charge in [0.2, 0.25) is 0 Å². The van der Waals surface area contributed by atoms with Crippen LogP contribution in [0.2, 0.25) is 0 Å². The van der Waals surface area contributed by atoms with E-state index in [2.05, 4.69) is 38.2 Å². The third kappa shape index (κ3) is 1.82. The van der Waals surface area contributed by atoms with E-state index in [1.54, 1.807) is 0 Å². The van der Waals surface area contributed by atoms with E-state index in [0.717, 1.165) is 32.6 Å². The Morgan fingerprint density at radius 1 is 1.17 bits per heavy atom. The van der Waals surface area contributed by atoms with Gasteiger partial charge in [-0.25, -0.2) is 5.84 Å². The molecule has 1 spiro atoms. The van der Waals surface area contributed by atoms with Crippen LogP contribution < -0.4 is 5.84 Å². The molecule has 1 aliphatic carbocycles. The summed E-state index contributed by atoms with van der Waals surface area (Å²) in [6, 6.07) is 0. The van der Waals surface area contributed by atoms with Gasteiger partial charge < -0.3 is 9.75 Å². The summed E-state index contributed by atoms with van der Waals surface area (Å²) in [6.07, 6.45) is 11.2. The predicted octanol–water partition coefficient (Wildman–Crippen LogP) is 2.38. The largest absolute Gasteiger partial charge is 0.381 e. The second kappa shape index (κ2) is 3.97. The van der Waals surface area contributed by atoms with Gasteiger partial charge in [-0.1, -0.05) is 32.1 Å². The summed E-state index contributed by atoms with van der Waals surface area (Å²) in [4.78, 5) is 0. The van der Waals surface area contributed by atoms with Gasteiger partial charge in [0.15, 0.2) is 0 Å². The lowest BCUT2D eigenvalue weighted by Gasteiger charge is -2.35. The number of hydrazine groups is 1. The summed E-state index contributed by atoms with van der Waals surface area (Å²) < 4.78 is 5.52. The van der Waals surface area contributed by atoms with Gasteiger partial charge in [0.1, 0.15) is 0 Å². The van der Waals surface area contributed by atoms with Gasteiger partial charge in [-0.2, -0.15) is 0 Å². The number of ether oxygens (including phenoxy) is 1. The number of hydrogen-bond acceptors (Lipinski definition) is 3. The highest BCUT2D eigenvalue weighted by Gasteiger charge is 2.43. The van der Waals surface area contributed by atoms with Crippen LogP contribution in [0.25, 0.3) is 0 Å². The first-order valence-corrected chi connectivity index (χ1v) is 6.76. The molecule has 2 heterocycles. The summed E-state index contributed by atoms with van der Waals surface area (Å²) >= 11 is 0. The maximum Gasteiger partial charge on any atom is 0.0552 e. The molecule has 3 rings (SSSR count). The zero-order valence-electron chi connectivity index (χ0n) is 11.3. The standard InChI is InChI=1S/C15H22N2O/c1-14(2)5-3-12-13(4-6-14)17(16)11-15(12)7-9-18-10-8-15/h3-6H,7-11,16H2,1-2H3. The number of allylic oxidation sites excluding steroid dienone is 4. The molecule has 0 radical (unpaired) electrons. The SMILES string of the molecule is CC1(C)C=CC2=C(C=C1)C1(CCOCC1)CN2N. The minimum absolute atomic E-state index is 0.109. The Labute approximate surface area is 109 Å². The Bertz CT molecular complexity index is 439. The third-order valence-electron chi connectivity index (χ3n) is 4.43.